The zero-order valence-electron chi connectivity index (χ0n) is 16.8. The molecule has 146 valence electrons. The molecule has 0 saturated carbocycles. The van der Waals surface area contributed by atoms with Crippen molar-refractivity contribution in [3.63, 3.8) is 0 Å². The molecule has 2 aromatic carbocycles. The Morgan fingerprint density at radius 2 is 1.89 bits per heavy atom. The fraction of sp³-hybridized carbons (Fsp3) is 0.304. The number of hydrogen-bond acceptors (Lipinski definition) is 3. The fourth-order valence-corrected chi connectivity index (χ4v) is 3.00. The van der Waals surface area contributed by atoms with Crippen LogP contribution in [-0.4, -0.2) is 21.6 Å². The fourth-order valence-electron chi connectivity index (χ4n) is 3.00. The van der Waals surface area contributed by atoms with E-state index in [0.717, 1.165) is 28.1 Å². The number of amides is 1. The van der Waals surface area contributed by atoms with Crippen LogP contribution in [0.4, 0.5) is 0 Å². The first kappa shape index (κ1) is 19.7. The lowest BCUT2D eigenvalue weighted by Gasteiger charge is -2.19. The molecule has 1 amide bonds. The van der Waals surface area contributed by atoms with Crippen molar-refractivity contribution in [3.05, 3.63) is 77.9 Å². The quantitative estimate of drug-likeness (QED) is 0.664. The highest BCUT2D eigenvalue weighted by molar-refractivity contribution is 5.80. The minimum atomic E-state index is -0.565. The van der Waals surface area contributed by atoms with Crippen molar-refractivity contribution in [2.75, 3.05) is 0 Å². The molecule has 0 aliphatic heterocycles. The van der Waals surface area contributed by atoms with Crippen molar-refractivity contribution < 1.29 is 9.53 Å². The number of aryl methyl sites for hydroxylation is 1. The van der Waals surface area contributed by atoms with E-state index < -0.39 is 6.10 Å². The smallest absolute Gasteiger partial charge is 0.261 e. The summed E-state index contributed by atoms with van der Waals surface area (Å²) in [4.78, 5) is 16.5. The van der Waals surface area contributed by atoms with E-state index in [0.29, 0.717) is 12.5 Å². The highest BCUT2D eigenvalue weighted by atomic mass is 16.5. The van der Waals surface area contributed by atoms with Crippen molar-refractivity contribution in [2.45, 2.75) is 46.3 Å². The monoisotopic (exact) mass is 377 g/mol. The van der Waals surface area contributed by atoms with Gasteiger partial charge in [-0.2, -0.15) is 0 Å². The molecule has 3 aromatic rings. The number of nitrogens with zero attached hydrogens (tertiary/aromatic N) is 2. The third kappa shape index (κ3) is 4.80. The van der Waals surface area contributed by atoms with Gasteiger partial charge in [0.2, 0.25) is 0 Å². The average Bonchev–Trinajstić information content (AvgIpc) is 3.21. The number of aromatic nitrogens is 2. The number of hydrogen-bond donors (Lipinski definition) is 1. The van der Waals surface area contributed by atoms with E-state index in [9.17, 15) is 4.79 Å². The molecule has 0 radical (unpaired) electrons. The summed E-state index contributed by atoms with van der Waals surface area (Å²) in [7, 11) is 0. The van der Waals surface area contributed by atoms with Gasteiger partial charge in [-0.3, -0.25) is 4.79 Å². The van der Waals surface area contributed by atoms with Crippen LogP contribution in [0.5, 0.6) is 5.75 Å². The number of ether oxygens (including phenoxy) is 1. The van der Waals surface area contributed by atoms with Gasteiger partial charge in [0.25, 0.3) is 5.91 Å². The molecular weight excluding hydrogens is 350 g/mol. The molecule has 0 saturated heterocycles. The van der Waals surface area contributed by atoms with E-state index >= 15 is 0 Å². The van der Waals surface area contributed by atoms with Crippen LogP contribution >= 0.6 is 0 Å². The molecule has 0 aliphatic carbocycles. The predicted molar refractivity (Wildman–Crippen MR) is 111 cm³/mol. The van der Waals surface area contributed by atoms with E-state index in [1.807, 2.05) is 48.0 Å². The Morgan fingerprint density at radius 1 is 1.14 bits per heavy atom. The normalized spacial score (nSPS) is 12.0. The SMILES string of the molecule is Cc1ccc(C(C)C)c(O[C@@H](C)C(=O)NCc2ccc(-n3ccnc3)cc2)c1. The van der Waals surface area contributed by atoms with Crippen LogP contribution < -0.4 is 10.1 Å². The lowest BCUT2D eigenvalue weighted by Crippen LogP contribution is -2.36. The number of nitrogens with one attached hydrogen (secondary N) is 1. The average molecular weight is 377 g/mol. The maximum Gasteiger partial charge on any atom is 0.261 e. The summed E-state index contributed by atoms with van der Waals surface area (Å²) in [6.07, 6.45) is 4.83. The van der Waals surface area contributed by atoms with Gasteiger partial charge in [-0.1, -0.05) is 38.1 Å². The highest BCUT2D eigenvalue weighted by Gasteiger charge is 2.17. The third-order valence-corrected chi connectivity index (χ3v) is 4.67. The summed E-state index contributed by atoms with van der Waals surface area (Å²) in [5.41, 5.74) is 4.29. The number of carbonyl (C=O) groups excluding carboxylic acids is 1. The third-order valence-electron chi connectivity index (χ3n) is 4.67. The molecular formula is C23H27N3O2. The number of imidazole rings is 1. The van der Waals surface area contributed by atoms with Gasteiger partial charge in [0.1, 0.15) is 5.75 Å². The summed E-state index contributed by atoms with van der Waals surface area (Å²) in [6, 6.07) is 14.1. The van der Waals surface area contributed by atoms with Gasteiger partial charge in [0.05, 0.1) is 6.33 Å². The predicted octanol–water partition coefficient (Wildman–Crippen LogP) is 4.39. The van der Waals surface area contributed by atoms with Crippen LogP contribution in [0.3, 0.4) is 0 Å². The Kier molecular flexibility index (Phi) is 6.14. The molecule has 28 heavy (non-hydrogen) atoms. The van der Waals surface area contributed by atoms with Crippen LogP contribution in [0, 0.1) is 6.92 Å². The van der Waals surface area contributed by atoms with Crippen LogP contribution in [-0.2, 0) is 11.3 Å². The van der Waals surface area contributed by atoms with Gasteiger partial charge in [0, 0.05) is 24.6 Å². The molecule has 0 bridgehead atoms. The van der Waals surface area contributed by atoms with Crippen LogP contribution in [0.1, 0.15) is 43.4 Å². The second-order valence-electron chi connectivity index (χ2n) is 7.31. The van der Waals surface area contributed by atoms with E-state index in [2.05, 4.69) is 36.3 Å². The van der Waals surface area contributed by atoms with Crippen LogP contribution in [0.25, 0.3) is 5.69 Å². The molecule has 1 N–H and O–H groups in total. The molecule has 1 aromatic heterocycles. The van der Waals surface area contributed by atoms with Crippen molar-refractivity contribution in [1.82, 2.24) is 14.9 Å². The molecule has 0 unspecified atom stereocenters. The van der Waals surface area contributed by atoms with Gasteiger partial charge >= 0.3 is 0 Å². The summed E-state index contributed by atoms with van der Waals surface area (Å²) in [5, 5.41) is 2.95. The first-order chi connectivity index (χ1) is 13.4. The van der Waals surface area contributed by atoms with Gasteiger partial charge in [-0.15, -0.1) is 0 Å². The maximum atomic E-state index is 12.5. The molecule has 0 aliphatic rings. The second kappa shape index (κ2) is 8.74. The first-order valence-electron chi connectivity index (χ1n) is 9.56. The minimum Gasteiger partial charge on any atom is -0.481 e. The van der Waals surface area contributed by atoms with Gasteiger partial charge < -0.3 is 14.6 Å². The maximum absolute atomic E-state index is 12.5. The van der Waals surface area contributed by atoms with Crippen LogP contribution in [0.2, 0.25) is 0 Å². The minimum absolute atomic E-state index is 0.130. The highest BCUT2D eigenvalue weighted by Crippen LogP contribution is 2.28. The Morgan fingerprint density at radius 3 is 2.54 bits per heavy atom. The first-order valence-corrected chi connectivity index (χ1v) is 9.56. The number of benzene rings is 2. The Hall–Kier alpha value is -3.08. The van der Waals surface area contributed by atoms with E-state index in [1.165, 1.54) is 0 Å². The largest absolute Gasteiger partial charge is 0.481 e. The lowest BCUT2D eigenvalue weighted by molar-refractivity contribution is -0.127. The van der Waals surface area contributed by atoms with Crippen molar-refractivity contribution in [1.29, 1.82) is 0 Å². The zero-order chi connectivity index (χ0) is 20.1. The second-order valence-corrected chi connectivity index (χ2v) is 7.31. The Labute approximate surface area is 166 Å². The van der Waals surface area contributed by atoms with Gasteiger partial charge in [0.15, 0.2) is 6.10 Å². The molecule has 1 heterocycles. The Balaban J connectivity index is 1.58. The molecule has 1 atom stereocenters. The molecule has 5 heteroatoms. The van der Waals surface area contributed by atoms with Crippen molar-refractivity contribution >= 4 is 5.91 Å². The number of carbonyl (C=O) groups is 1. The topological polar surface area (TPSA) is 56.1 Å². The Bertz CT molecular complexity index is 916. The summed E-state index contributed by atoms with van der Waals surface area (Å²) in [6.45, 7) is 8.51. The molecule has 0 fully saturated rings. The summed E-state index contributed by atoms with van der Waals surface area (Å²) < 4.78 is 7.92. The van der Waals surface area contributed by atoms with E-state index in [1.54, 1.807) is 19.4 Å². The van der Waals surface area contributed by atoms with Crippen molar-refractivity contribution in [2.24, 2.45) is 0 Å². The van der Waals surface area contributed by atoms with Gasteiger partial charge in [-0.05, 0) is 54.7 Å². The van der Waals surface area contributed by atoms with E-state index in [-0.39, 0.29) is 5.91 Å². The summed E-state index contributed by atoms with van der Waals surface area (Å²) in [5.74, 6) is 0.983. The standard InChI is InChI=1S/C23H27N3O2/c1-16(2)21-10-5-17(3)13-22(21)28-18(4)23(27)25-14-19-6-8-20(9-7-19)26-12-11-24-15-26/h5-13,15-16,18H,14H2,1-4H3,(H,25,27)/t18-/m0/s1. The lowest BCUT2D eigenvalue weighted by atomic mass is 10.0. The zero-order valence-corrected chi connectivity index (χ0v) is 16.8. The van der Waals surface area contributed by atoms with Crippen LogP contribution in [0.15, 0.2) is 61.2 Å². The van der Waals surface area contributed by atoms with E-state index in [4.69, 9.17) is 4.74 Å². The summed E-state index contributed by atoms with van der Waals surface area (Å²) >= 11 is 0. The van der Waals surface area contributed by atoms with Gasteiger partial charge in [-0.25, -0.2) is 4.98 Å². The molecule has 5 nitrogen and oxygen atoms in total. The molecule has 3 rings (SSSR count). The number of rotatable bonds is 7. The van der Waals surface area contributed by atoms with Crippen molar-refractivity contribution in [3.8, 4) is 11.4 Å². The molecule has 0 spiro atoms.